The first-order valence-electron chi connectivity index (χ1n) is 3.20. The molecule has 1 radical (unpaired) electrons. The van der Waals surface area contributed by atoms with Crippen molar-refractivity contribution in [3.8, 4) is 0 Å². The van der Waals surface area contributed by atoms with Gasteiger partial charge in [0.05, 0.1) is 6.10 Å². The molecule has 1 rings (SSSR count). The monoisotopic (exact) mass is 113 g/mol. The zero-order valence-corrected chi connectivity index (χ0v) is 5.77. The van der Waals surface area contributed by atoms with Crippen molar-refractivity contribution >= 4 is 0 Å². The standard InChI is InChI=1S/C7H13O/c1-5-6(8)4-7(5,2)3/h5-6H,4H2,1-3H3. The van der Waals surface area contributed by atoms with Crippen LogP contribution >= 0.6 is 0 Å². The lowest BCUT2D eigenvalue weighted by atomic mass is 9.61. The van der Waals surface area contributed by atoms with Crippen LogP contribution in [0.15, 0.2) is 0 Å². The molecular weight excluding hydrogens is 100 g/mol. The summed E-state index contributed by atoms with van der Waals surface area (Å²) in [6.45, 7) is 6.36. The quantitative estimate of drug-likeness (QED) is 0.457. The maximum Gasteiger partial charge on any atom is 0.0965 e. The molecule has 0 aliphatic heterocycles. The molecule has 2 atom stereocenters. The largest absolute Gasteiger partial charge is 0.233 e. The highest BCUT2D eigenvalue weighted by molar-refractivity contribution is 4.92. The maximum atomic E-state index is 10.7. The minimum Gasteiger partial charge on any atom is -0.233 e. The van der Waals surface area contributed by atoms with Crippen LogP contribution in [0.4, 0.5) is 0 Å². The van der Waals surface area contributed by atoms with Crippen LogP contribution < -0.4 is 0 Å². The van der Waals surface area contributed by atoms with Crippen LogP contribution in [0.1, 0.15) is 27.2 Å². The Morgan fingerprint density at radius 1 is 1.50 bits per heavy atom. The summed E-state index contributed by atoms with van der Waals surface area (Å²) >= 11 is 0. The van der Waals surface area contributed by atoms with Crippen molar-refractivity contribution in [2.45, 2.75) is 33.3 Å². The van der Waals surface area contributed by atoms with E-state index in [2.05, 4.69) is 13.8 Å². The molecule has 0 amide bonds. The van der Waals surface area contributed by atoms with Gasteiger partial charge in [-0.3, -0.25) is 0 Å². The average Bonchev–Trinajstić information content (AvgIpc) is 1.65. The molecule has 0 heterocycles. The summed E-state index contributed by atoms with van der Waals surface area (Å²) in [5, 5.41) is 10.7. The first-order chi connectivity index (χ1) is 3.54. The molecule has 0 saturated heterocycles. The van der Waals surface area contributed by atoms with Gasteiger partial charge in [0.2, 0.25) is 0 Å². The van der Waals surface area contributed by atoms with Crippen LogP contribution in [0.2, 0.25) is 0 Å². The SMILES string of the molecule is CC1C([O])CC1(C)C. The third-order valence-electron chi connectivity index (χ3n) is 2.52. The van der Waals surface area contributed by atoms with Gasteiger partial charge in [-0.15, -0.1) is 0 Å². The summed E-state index contributed by atoms with van der Waals surface area (Å²) in [4.78, 5) is 0. The molecule has 1 fully saturated rings. The summed E-state index contributed by atoms with van der Waals surface area (Å²) in [7, 11) is 0. The fourth-order valence-electron chi connectivity index (χ4n) is 1.22. The van der Waals surface area contributed by atoms with Crippen LogP contribution in [0.5, 0.6) is 0 Å². The van der Waals surface area contributed by atoms with Crippen LogP contribution in [0.25, 0.3) is 0 Å². The van der Waals surface area contributed by atoms with E-state index < -0.39 is 0 Å². The number of hydrogen-bond acceptors (Lipinski definition) is 0. The summed E-state index contributed by atoms with van der Waals surface area (Å²) < 4.78 is 0. The Morgan fingerprint density at radius 2 is 2.00 bits per heavy atom. The first-order valence-corrected chi connectivity index (χ1v) is 3.20. The highest BCUT2D eigenvalue weighted by Crippen LogP contribution is 2.45. The minimum atomic E-state index is -0.273. The van der Waals surface area contributed by atoms with E-state index in [1.54, 1.807) is 0 Å². The molecule has 0 aromatic heterocycles. The van der Waals surface area contributed by atoms with Crippen molar-refractivity contribution in [3.05, 3.63) is 0 Å². The van der Waals surface area contributed by atoms with E-state index in [9.17, 15) is 5.11 Å². The van der Waals surface area contributed by atoms with Crippen molar-refractivity contribution in [1.29, 1.82) is 0 Å². The molecule has 47 valence electrons. The third kappa shape index (κ3) is 0.655. The Bertz CT molecular complexity index is 96.6. The van der Waals surface area contributed by atoms with Gasteiger partial charge in [-0.1, -0.05) is 20.8 Å². The second-order valence-electron chi connectivity index (χ2n) is 3.52. The van der Waals surface area contributed by atoms with E-state index in [-0.39, 0.29) is 6.10 Å². The summed E-state index contributed by atoms with van der Waals surface area (Å²) in [5.41, 5.74) is 0.340. The van der Waals surface area contributed by atoms with Gasteiger partial charge in [0.15, 0.2) is 0 Å². The zero-order valence-electron chi connectivity index (χ0n) is 5.77. The topological polar surface area (TPSA) is 19.9 Å². The lowest BCUT2D eigenvalue weighted by molar-refractivity contribution is -0.114. The van der Waals surface area contributed by atoms with Gasteiger partial charge in [0.1, 0.15) is 0 Å². The van der Waals surface area contributed by atoms with Crippen LogP contribution in [-0.2, 0) is 5.11 Å². The fourth-order valence-corrected chi connectivity index (χ4v) is 1.22. The highest BCUT2D eigenvalue weighted by Gasteiger charge is 2.44. The molecule has 8 heavy (non-hydrogen) atoms. The lowest BCUT2D eigenvalue weighted by Gasteiger charge is -2.45. The van der Waals surface area contributed by atoms with E-state index in [1.807, 2.05) is 6.92 Å². The first kappa shape index (κ1) is 6.09. The second kappa shape index (κ2) is 1.47. The molecule has 0 bridgehead atoms. The molecule has 1 aliphatic carbocycles. The van der Waals surface area contributed by atoms with Gasteiger partial charge in [-0.2, -0.15) is 0 Å². The number of rotatable bonds is 0. The number of hydrogen-bond donors (Lipinski definition) is 0. The highest BCUT2D eigenvalue weighted by atomic mass is 16.3. The van der Waals surface area contributed by atoms with Crippen LogP contribution in [-0.4, -0.2) is 6.10 Å². The molecule has 1 saturated carbocycles. The molecule has 0 N–H and O–H groups in total. The smallest absolute Gasteiger partial charge is 0.0965 e. The van der Waals surface area contributed by atoms with Gasteiger partial charge in [-0.05, 0) is 17.8 Å². The molecule has 1 nitrogen and oxygen atoms in total. The van der Waals surface area contributed by atoms with E-state index in [0.29, 0.717) is 11.3 Å². The Morgan fingerprint density at radius 3 is 2.00 bits per heavy atom. The third-order valence-corrected chi connectivity index (χ3v) is 2.52. The molecular formula is C7H13O. The van der Waals surface area contributed by atoms with Crippen LogP contribution in [0.3, 0.4) is 0 Å². The molecule has 0 aromatic rings. The van der Waals surface area contributed by atoms with Gasteiger partial charge < -0.3 is 0 Å². The lowest BCUT2D eigenvalue weighted by Crippen LogP contribution is -2.45. The van der Waals surface area contributed by atoms with E-state index in [0.717, 1.165) is 6.42 Å². The van der Waals surface area contributed by atoms with Crippen molar-refractivity contribution in [2.75, 3.05) is 0 Å². The van der Waals surface area contributed by atoms with Crippen molar-refractivity contribution in [3.63, 3.8) is 0 Å². The van der Waals surface area contributed by atoms with E-state index in [4.69, 9.17) is 0 Å². The molecule has 1 aliphatic rings. The normalized spacial score (nSPS) is 43.5. The average molecular weight is 113 g/mol. The van der Waals surface area contributed by atoms with Gasteiger partial charge in [0, 0.05) is 0 Å². The van der Waals surface area contributed by atoms with Crippen molar-refractivity contribution < 1.29 is 5.11 Å². The maximum absolute atomic E-state index is 10.7. The molecule has 2 unspecified atom stereocenters. The Labute approximate surface area is 50.7 Å². The van der Waals surface area contributed by atoms with Crippen molar-refractivity contribution in [2.24, 2.45) is 11.3 Å². The predicted molar refractivity (Wildman–Crippen MR) is 32.0 cm³/mol. The molecule has 0 spiro atoms. The Kier molecular flexibility index (Phi) is 1.12. The summed E-state index contributed by atoms with van der Waals surface area (Å²) in [6.07, 6.45) is 0.596. The Balaban J connectivity index is 2.47. The summed E-state index contributed by atoms with van der Waals surface area (Å²) in [5.74, 6) is 0.391. The fraction of sp³-hybridized carbons (Fsp3) is 1.00. The zero-order chi connectivity index (χ0) is 6.36. The summed E-state index contributed by atoms with van der Waals surface area (Å²) in [6, 6.07) is 0. The van der Waals surface area contributed by atoms with Gasteiger partial charge >= 0.3 is 0 Å². The molecule has 1 heteroatoms. The minimum absolute atomic E-state index is 0.273. The van der Waals surface area contributed by atoms with Crippen LogP contribution in [0, 0.1) is 11.3 Å². The Hall–Kier alpha value is -0.0400. The van der Waals surface area contributed by atoms with Crippen molar-refractivity contribution in [1.82, 2.24) is 0 Å². The van der Waals surface area contributed by atoms with Gasteiger partial charge in [0.25, 0.3) is 0 Å². The van der Waals surface area contributed by atoms with E-state index in [1.165, 1.54) is 0 Å². The molecule has 0 aromatic carbocycles. The second-order valence-corrected chi connectivity index (χ2v) is 3.52. The predicted octanol–water partition coefficient (Wildman–Crippen LogP) is 1.85. The van der Waals surface area contributed by atoms with E-state index >= 15 is 0 Å². The van der Waals surface area contributed by atoms with Gasteiger partial charge in [-0.25, -0.2) is 5.11 Å².